The number of piperidine rings is 3. The van der Waals surface area contributed by atoms with Gasteiger partial charge in [-0.15, -0.1) is 0 Å². The van der Waals surface area contributed by atoms with Gasteiger partial charge in [0.1, 0.15) is 6.54 Å². The molecule has 2 N–H and O–H groups in total. The number of hydrogen-bond acceptors (Lipinski definition) is 4. The molecule has 3 fully saturated rings. The molecule has 1 atom stereocenters. The second kappa shape index (κ2) is 11.3. The second-order valence-corrected chi connectivity index (χ2v) is 11.0. The predicted molar refractivity (Wildman–Crippen MR) is 147 cm³/mol. The summed E-state index contributed by atoms with van der Waals surface area (Å²) in [6.07, 6.45) is 2.57. The van der Waals surface area contributed by atoms with E-state index < -0.39 is 11.6 Å². The van der Waals surface area contributed by atoms with Gasteiger partial charge in [-0.2, -0.15) is 0 Å². The largest absolute Gasteiger partial charge is 0.453 e. The van der Waals surface area contributed by atoms with Crippen LogP contribution in [0.1, 0.15) is 40.7 Å². The quantitative estimate of drug-likeness (QED) is 0.240. The highest BCUT2D eigenvalue weighted by Crippen LogP contribution is 2.38. The van der Waals surface area contributed by atoms with Crippen LogP contribution in [0.15, 0.2) is 84.9 Å². The lowest BCUT2D eigenvalue weighted by atomic mass is 9.82. The molecule has 3 aliphatic rings. The van der Waals surface area contributed by atoms with Crippen molar-refractivity contribution in [1.82, 2.24) is 5.32 Å². The van der Waals surface area contributed by atoms with Gasteiger partial charge >= 0.3 is 5.97 Å². The number of aliphatic hydroxyl groups is 1. The highest BCUT2D eigenvalue weighted by Gasteiger charge is 2.50. The van der Waals surface area contributed by atoms with Crippen LogP contribution in [0.3, 0.4) is 0 Å². The fourth-order valence-corrected chi connectivity index (χ4v) is 6.10. The highest BCUT2D eigenvalue weighted by molar-refractivity contribution is 6.30. The molecule has 1 unspecified atom stereocenters. The molecular weight excluding hydrogens is 500 g/mol. The third-order valence-electron chi connectivity index (χ3n) is 8.18. The Morgan fingerprint density at radius 3 is 2.08 bits per heavy atom. The van der Waals surface area contributed by atoms with Crippen molar-refractivity contribution in [2.75, 3.05) is 32.7 Å². The fourth-order valence-electron chi connectivity index (χ4n) is 5.97. The first-order chi connectivity index (χ1) is 18.4. The molecule has 3 heterocycles. The molecule has 0 spiro atoms. The number of carbonyl (C=O) groups excluding carboxylic acids is 2. The lowest BCUT2D eigenvalue weighted by molar-refractivity contribution is -0.946. The Balaban J connectivity index is 1.22. The van der Waals surface area contributed by atoms with E-state index in [-0.39, 0.29) is 12.0 Å². The Morgan fingerprint density at radius 2 is 1.50 bits per heavy atom. The summed E-state index contributed by atoms with van der Waals surface area (Å²) in [5, 5.41) is 15.4. The first-order valence-corrected chi connectivity index (χ1v) is 13.7. The third kappa shape index (κ3) is 5.48. The monoisotopic (exact) mass is 533 g/mol. The number of halogens is 1. The molecule has 0 saturated carbocycles. The van der Waals surface area contributed by atoms with E-state index in [1.807, 2.05) is 36.4 Å². The number of benzene rings is 3. The molecule has 38 heavy (non-hydrogen) atoms. The Morgan fingerprint density at radius 1 is 0.921 bits per heavy atom. The maximum atomic E-state index is 13.7. The second-order valence-electron chi connectivity index (χ2n) is 10.5. The van der Waals surface area contributed by atoms with Crippen molar-refractivity contribution in [3.8, 4) is 0 Å². The number of ether oxygens (including phenoxy) is 1. The number of amides is 1. The maximum Gasteiger partial charge on any atom is 0.348 e. The maximum absolute atomic E-state index is 13.7. The van der Waals surface area contributed by atoms with Gasteiger partial charge in [0.2, 0.25) is 5.60 Å². The molecule has 0 aliphatic carbocycles. The van der Waals surface area contributed by atoms with Crippen LogP contribution in [0.2, 0.25) is 5.02 Å². The summed E-state index contributed by atoms with van der Waals surface area (Å²) in [7, 11) is 0. The Labute approximate surface area is 228 Å². The van der Waals surface area contributed by atoms with Crippen molar-refractivity contribution < 1.29 is 23.9 Å². The molecule has 7 heteroatoms. The normalized spacial score (nSPS) is 22.6. The van der Waals surface area contributed by atoms with Crippen LogP contribution in [-0.4, -0.2) is 60.3 Å². The fraction of sp³-hybridized carbons (Fsp3) is 0.355. The standard InChI is InChI=1S/C31H33ClN2O4/c32-27-14-12-24(13-15-27)29(35)33-18-7-19-34-20-16-23(17-21-34)28(22-34)38-30(36)31(37,25-8-3-1-4-9-25)26-10-5-2-6-11-26/h1-6,8-15,23,28,37H,7,16-22H2/p+1. The minimum absolute atomic E-state index is 0.105. The molecule has 3 aliphatic heterocycles. The summed E-state index contributed by atoms with van der Waals surface area (Å²) in [4.78, 5) is 26.1. The molecule has 3 aromatic carbocycles. The van der Waals surface area contributed by atoms with Crippen LogP contribution in [-0.2, 0) is 15.1 Å². The van der Waals surface area contributed by atoms with Gasteiger partial charge in [-0.05, 0) is 35.4 Å². The minimum atomic E-state index is -1.87. The first-order valence-electron chi connectivity index (χ1n) is 13.3. The highest BCUT2D eigenvalue weighted by atomic mass is 35.5. The number of esters is 1. The summed E-state index contributed by atoms with van der Waals surface area (Å²) in [5.74, 6) is -0.423. The lowest BCUT2D eigenvalue weighted by Crippen LogP contribution is -2.65. The Hall–Kier alpha value is -3.19. The van der Waals surface area contributed by atoms with Crippen LogP contribution in [0.5, 0.6) is 0 Å². The summed E-state index contributed by atoms with van der Waals surface area (Å²) in [6.45, 7) is 4.32. The number of hydrogen-bond donors (Lipinski definition) is 2. The zero-order chi connectivity index (χ0) is 26.6. The smallest absolute Gasteiger partial charge is 0.348 e. The van der Waals surface area contributed by atoms with Gasteiger partial charge in [-0.1, -0.05) is 72.3 Å². The van der Waals surface area contributed by atoms with Crippen molar-refractivity contribution in [1.29, 1.82) is 0 Å². The summed E-state index contributed by atoms with van der Waals surface area (Å²) >= 11 is 5.92. The van der Waals surface area contributed by atoms with Crippen LogP contribution in [0.25, 0.3) is 0 Å². The zero-order valence-corrected chi connectivity index (χ0v) is 22.1. The van der Waals surface area contributed by atoms with E-state index >= 15 is 0 Å². The molecule has 0 aromatic heterocycles. The van der Waals surface area contributed by atoms with Crippen LogP contribution >= 0.6 is 11.6 Å². The van der Waals surface area contributed by atoms with Crippen LogP contribution in [0, 0.1) is 5.92 Å². The van der Waals surface area contributed by atoms with Crippen LogP contribution in [0.4, 0.5) is 0 Å². The summed E-state index contributed by atoms with van der Waals surface area (Å²) in [6, 6.07) is 24.9. The van der Waals surface area contributed by atoms with Crippen molar-refractivity contribution in [3.63, 3.8) is 0 Å². The van der Waals surface area contributed by atoms with Crippen molar-refractivity contribution in [2.24, 2.45) is 5.92 Å². The van der Waals surface area contributed by atoms with E-state index in [1.165, 1.54) is 0 Å². The number of nitrogens with zero attached hydrogens (tertiary/aromatic N) is 1. The van der Waals surface area contributed by atoms with Gasteiger partial charge in [0, 0.05) is 42.3 Å². The van der Waals surface area contributed by atoms with E-state index in [9.17, 15) is 14.7 Å². The zero-order valence-electron chi connectivity index (χ0n) is 21.4. The SMILES string of the molecule is O=C(NCCC[N+]12CCC(CC1)C(OC(=O)C(O)(c1ccccc1)c1ccccc1)C2)c1ccc(Cl)cc1. The van der Waals surface area contributed by atoms with E-state index in [0.29, 0.717) is 34.2 Å². The lowest BCUT2D eigenvalue weighted by Gasteiger charge is -2.52. The van der Waals surface area contributed by atoms with Crippen molar-refractivity contribution in [2.45, 2.75) is 31.0 Å². The number of rotatable bonds is 9. The molecule has 2 bridgehead atoms. The molecule has 3 aromatic rings. The average molecular weight is 534 g/mol. The van der Waals surface area contributed by atoms with Gasteiger partial charge in [-0.25, -0.2) is 4.79 Å². The number of fused-ring (bicyclic) bond motifs is 3. The van der Waals surface area contributed by atoms with E-state index in [1.54, 1.807) is 48.5 Å². The van der Waals surface area contributed by atoms with Crippen molar-refractivity contribution in [3.05, 3.63) is 107 Å². The molecular formula is C31H34ClN2O4+. The predicted octanol–water partition coefficient (Wildman–Crippen LogP) is 4.55. The molecule has 3 saturated heterocycles. The van der Waals surface area contributed by atoms with Crippen molar-refractivity contribution >= 4 is 23.5 Å². The number of quaternary nitrogens is 1. The van der Waals surface area contributed by atoms with Gasteiger partial charge in [-0.3, -0.25) is 4.79 Å². The number of carbonyl (C=O) groups is 2. The Kier molecular flexibility index (Phi) is 7.84. The van der Waals surface area contributed by atoms with E-state index in [0.717, 1.165) is 49.9 Å². The minimum Gasteiger partial charge on any atom is -0.453 e. The molecule has 198 valence electrons. The summed E-state index contributed by atoms with van der Waals surface area (Å²) in [5.41, 5.74) is -0.280. The van der Waals surface area contributed by atoms with Gasteiger partial charge in [0.25, 0.3) is 5.91 Å². The first kappa shape index (κ1) is 26.4. The third-order valence-corrected chi connectivity index (χ3v) is 8.43. The van der Waals surface area contributed by atoms with Gasteiger partial charge in [0.05, 0.1) is 19.6 Å². The molecule has 1 amide bonds. The summed E-state index contributed by atoms with van der Waals surface area (Å²) < 4.78 is 7.03. The van der Waals surface area contributed by atoms with E-state index in [4.69, 9.17) is 16.3 Å². The molecule has 6 rings (SSSR count). The molecule has 0 radical (unpaired) electrons. The van der Waals surface area contributed by atoms with Crippen LogP contribution < -0.4 is 5.32 Å². The molecule has 6 nitrogen and oxygen atoms in total. The topological polar surface area (TPSA) is 75.6 Å². The van der Waals surface area contributed by atoms with Gasteiger partial charge in [0.15, 0.2) is 6.10 Å². The average Bonchev–Trinajstić information content (AvgIpc) is 2.96. The number of nitrogens with one attached hydrogen (secondary N) is 1. The Bertz CT molecular complexity index is 1200. The van der Waals surface area contributed by atoms with Gasteiger partial charge < -0.3 is 19.6 Å². The van der Waals surface area contributed by atoms with E-state index in [2.05, 4.69) is 5.32 Å².